The Hall–Kier alpha value is -1.81. The molecule has 22 heavy (non-hydrogen) atoms. The maximum Gasteiger partial charge on any atom is 0.412 e. The fraction of sp³-hybridized carbons (Fsp3) is 0.389. The van der Waals surface area contributed by atoms with E-state index in [1.165, 1.54) is 11.1 Å². The maximum absolute atomic E-state index is 12.0. The van der Waals surface area contributed by atoms with E-state index in [4.69, 9.17) is 4.74 Å². The lowest BCUT2D eigenvalue weighted by molar-refractivity contribution is 0.155. The third kappa shape index (κ3) is 4.10. The fourth-order valence-electron chi connectivity index (χ4n) is 2.37. The molecule has 0 aliphatic rings. The summed E-state index contributed by atoms with van der Waals surface area (Å²) in [5.74, 6) is 0.817. The molecular formula is C18H23NO2S. The van der Waals surface area contributed by atoms with Crippen LogP contribution in [0.5, 0.6) is 0 Å². The molecule has 1 heterocycles. The molecule has 118 valence electrons. The van der Waals surface area contributed by atoms with Gasteiger partial charge >= 0.3 is 6.09 Å². The summed E-state index contributed by atoms with van der Waals surface area (Å²) in [5.41, 5.74) is 3.51. The predicted octanol–water partition coefficient (Wildman–Crippen LogP) is 5.74. The molecule has 1 aromatic heterocycles. The Morgan fingerprint density at radius 1 is 1.14 bits per heavy atom. The molecule has 1 N–H and O–H groups in total. The van der Waals surface area contributed by atoms with Crippen LogP contribution in [0.4, 0.5) is 9.80 Å². The van der Waals surface area contributed by atoms with Gasteiger partial charge in [-0.3, -0.25) is 5.32 Å². The minimum atomic E-state index is -0.400. The second kappa shape index (κ2) is 7.45. The van der Waals surface area contributed by atoms with Crippen LogP contribution in [0, 0.1) is 0 Å². The highest BCUT2D eigenvalue weighted by Crippen LogP contribution is 2.38. The van der Waals surface area contributed by atoms with Crippen LogP contribution in [0.25, 0.3) is 0 Å². The quantitative estimate of drug-likeness (QED) is 0.763. The Morgan fingerprint density at radius 3 is 2.41 bits per heavy atom. The number of nitrogens with one attached hydrogen (secondary N) is 1. The van der Waals surface area contributed by atoms with E-state index < -0.39 is 6.09 Å². The molecule has 1 amide bonds. The van der Waals surface area contributed by atoms with Gasteiger partial charge in [-0.25, -0.2) is 4.79 Å². The number of carbonyl (C=O) groups is 1. The summed E-state index contributed by atoms with van der Waals surface area (Å²) in [5, 5.41) is 5.93. The van der Waals surface area contributed by atoms with Crippen molar-refractivity contribution in [2.24, 2.45) is 0 Å². The van der Waals surface area contributed by atoms with Gasteiger partial charge in [0.05, 0.1) is 0 Å². The van der Waals surface area contributed by atoms with Crippen molar-refractivity contribution in [2.45, 2.75) is 46.1 Å². The van der Waals surface area contributed by atoms with Gasteiger partial charge in [0.1, 0.15) is 11.6 Å². The Kier molecular flexibility index (Phi) is 5.61. The van der Waals surface area contributed by atoms with Gasteiger partial charge in [-0.15, -0.1) is 11.3 Å². The second-order valence-electron chi connectivity index (χ2n) is 5.93. The van der Waals surface area contributed by atoms with Gasteiger partial charge in [0, 0.05) is 0 Å². The van der Waals surface area contributed by atoms with Crippen LogP contribution in [0.15, 0.2) is 35.7 Å². The first-order chi connectivity index (χ1) is 10.5. The van der Waals surface area contributed by atoms with E-state index in [0.717, 1.165) is 10.6 Å². The predicted molar refractivity (Wildman–Crippen MR) is 92.7 cm³/mol. The van der Waals surface area contributed by atoms with Crippen molar-refractivity contribution in [3.63, 3.8) is 0 Å². The van der Waals surface area contributed by atoms with Gasteiger partial charge in [-0.2, -0.15) is 0 Å². The molecule has 3 nitrogen and oxygen atoms in total. The molecular weight excluding hydrogens is 294 g/mol. The molecule has 0 fully saturated rings. The molecule has 1 aromatic carbocycles. The molecule has 0 saturated carbocycles. The molecule has 0 bridgehead atoms. The zero-order valence-corrected chi connectivity index (χ0v) is 14.4. The van der Waals surface area contributed by atoms with Crippen LogP contribution >= 0.6 is 11.3 Å². The number of ether oxygens (including phenoxy) is 1. The number of thiophene rings is 1. The Bertz CT molecular complexity index is 617. The summed E-state index contributed by atoms with van der Waals surface area (Å²) in [7, 11) is 0. The summed E-state index contributed by atoms with van der Waals surface area (Å²) in [4.78, 5) is 12.0. The molecule has 2 rings (SSSR count). The van der Waals surface area contributed by atoms with Crippen LogP contribution in [0.2, 0.25) is 0 Å². The van der Waals surface area contributed by atoms with Gasteiger partial charge < -0.3 is 4.74 Å². The van der Waals surface area contributed by atoms with Gasteiger partial charge in [0.2, 0.25) is 0 Å². The molecule has 0 aliphatic carbocycles. The first-order valence-corrected chi connectivity index (χ1v) is 8.46. The molecule has 0 atom stereocenters. The van der Waals surface area contributed by atoms with Crippen LogP contribution < -0.4 is 5.32 Å². The van der Waals surface area contributed by atoms with Gasteiger partial charge in [0.25, 0.3) is 0 Å². The SMILES string of the molecule is CC(C)c1csc(NC(=O)OCc2ccccc2)c1C(C)C. The highest BCUT2D eigenvalue weighted by molar-refractivity contribution is 7.14. The molecule has 2 aromatic rings. The van der Waals surface area contributed by atoms with Crippen molar-refractivity contribution in [1.29, 1.82) is 0 Å². The van der Waals surface area contributed by atoms with Crippen LogP contribution in [0.1, 0.15) is 56.2 Å². The maximum atomic E-state index is 12.0. The van der Waals surface area contributed by atoms with E-state index >= 15 is 0 Å². The standard InChI is InChI=1S/C18H23NO2S/c1-12(2)15-11-22-17(16(15)13(3)4)19-18(20)21-10-14-8-6-5-7-9-14/h5-9,11-13H,10H2,1-4H3,(H,19,20). The molecule has 0 aliphatic heterocycles. The summed E-state index contributed by atoms with van der Waals surface area (Å²) in [6.45, 7) is 8.92. The van der Waals surface area contributed by atoms with E-state index in [1.54, 1.807) is 11.3 Å². The monoisotopic (exact) mass is 317 g/mol. The Labute approximate surface area is 136 Å². The molecule has 0 spiro atoms. The van der Waals surface area contributed by atoms with Gasteiger partial charge in [-0.05, 0) is 33.9 Å². The zero-order valence-electron chi connectivity index (χ0n) is 13.6. The lowest BCUT2D eigenvalue weighted by Gasteiger charge is -2.14. The van der Waals surface area contributed by atoms with Crippen molar-refractivity contribution in [3.8, 4) is 0 Å². The highest BCUT2D eigenvalue weighted by Gasteiger charge is 2.19. The lowest BCUT2D eigenvalue weighted by atomic mass is 9.94. The van der Waals surface area contributed by atoms with Crippen molar-refractivity contribution in [2.75, 3.05) is 5.32 Å². The number of carbonyl (C=O) groups excluding carboxylic acids is 1. The number of hydrogen-bond acceptors (Lipinski definition) is 3. The summed E-state index contributed by atoms with van der Waals surface area (Å²) in [6, 6.07) is 9.69. The summed E-state index contributed by atoms with van der Waals surface area (Å²) in [6.07, 6.45) is -0.400. The van der Waals surface area contributed by atoms with E-state index in [2.05, 4.69) is 38.4 Å². The van der Waals surface area contributed by atoms with E-state index in [9.17, 15) is 4.79 Å². The van der Waals surface area contributed by atoms with Crippen molar-refractivity contribution >= 4 is 22.4 Å². The topological polar surface area (TPSA) is 38.3 Å². The summed E-state index contributed by atoms with van der Waals surface area (Å²) < 4.78 is 5.29. The number of hydrogen-bond donors (Lipinski definition) is 1. The van der Waals surface area contributed by atoms with E-state index in [1.807, 2.05) is 30.3 Å². The number of anilines is 1. The van der Waals surface area contributed by atoms with Crippen LogP contribution in [-0.4, -0.2) is 6.09 Å². The minimum absolute atomic E-state index is 0.284. The fourth-order valence-corrected chi connectivity index (χ4v) is 3.64. The second-order valence-corrected chi connectivity index (χ2v) is 6.81. The van der Waals surface area contributed by atoms with Crippen LogP contribution in [0.3, 0.4) is 0 Å². The average Bonchev–Trinajstić information content (AvgIpc) is 2.90. The molecule has 4 heteroatoms. The minimum Gasteiger partial charge on any atom is -0.444 e. The third-order valence-electron chi connectivity index (χ3n) is 3.49. The highest BCUT2D eigenvalue weighted by atomic mass is 32.1. The van der Waals surface area contributed by atoms with Crippen LogP contribution in [-0.2, 0) is 11.3 Å². The van der Waals surface area contributed by atoms with Gasteiger partial charge in [-0.1, -0.05) is 58.0 Å². The Balaban J connectivity index is 2.02. The first kappa shape index (κ1) is 16.6. The number of benzene rings is 1. The van der Waals surface area contributed by atoms with Crippen molar-refractivity contribution < 1.29 is 9.53 Å². The normalized spacial score (nSPS) is 11.0. The zero-order chi connectivity index (χ0) is 16.1. The Morgan fingerprint density at radius 2 is 1.82 bits per heavy atom. The molecule has 0 radical (unpaired) electrons. The molecule has 0 unspecified atom stereocenters. The van der Waals surface area contributed by atoms with Crippen molar-refractivity contribution in [1.82, 2.24) is 0 Å². The third-order valence-corrected chi connectivity index (χ3v) is 4.42. The number of amides is 1. The van der Waals surface area contributed by atoms with E-state index in [0.29, 0.717) is 11.8 Å². The van der Waals surface area contributed by atoms with Crippen molar-refractivity contribution in [3.05, 3.63) is 52.4 Å². The number of rotatable bonds is 5. The smallest absolute Gasteiger partial charge is 0.412 e. The molecule has 0 saturated heterocycles. The average molecular weight is 317 g/mol. The largest absolute Gasteiger partial charge is 0.444 e. The lowest BCUT2D eigenvalue weighted by Crippen LogP contribution is -2.14. The van der Waals surface area contributed by atoms with Gasteiger partial charge in [0.15, 0.2) is 0 Å². The summed E-state index contributed by atoms with van der Waals surface area (Å²) >= 11 is 1.57. The first-order valence-electron chi connectivity index (χ1n) is 7.58. The van der Waals surface area contributed by atoms with E-state index in [-0.39, 0.29) is 6.61 Å².